The molecule has 1 fully saturated rings. The van der Waals surface area contributed by atoms with Crippen molar-refractivity contribution in [3.63, 3.8) is 0 Å². The number of benzene rings is 1. The van der Waals surface area contributed by atoms with Crippen LogP contribution in [-0.2, 0) is 14.3 Å². The molecule has 1 aliphatic carbocycles. The third-order valence-corrected chi connectivity index (χ3v) is 3.95. The summed E-state index contributed by atoms with van der Waals surface area (Å²) in [5.41, 5.74) is 6.64. The molecule has 0 heterocycles. The van der Waals surface area contributed by atoms with Gasteiger partial charge in [0.2, 0.25) is 5.91 Å². The van der Waals surface area contributed by atoms with Crippen LogP contribution in [0.4, 0.5) is 5.69 Å². The van der Waals surface area contributed by atoms with Crippen LogP contribution in [0.25, 0.3) is 0 Å². The molecule has 0 saturated heterocycles. The number of hydrogen-bond donors (Lipinski definition) is 2. The molecule has 0 aliphatic heterocycles. The summed E-state index contributed by atoms with van der Waals surface area (Å²) in [4.78, 5) is 23.4. The molecule has 0 unspecified atom stereocenters. The van der Waals surface area contributed by atoms with Crippen molar-refractivity contribution in [1.29, 1.82) is 0 Å². The summed E-state index contributed by atoms with van der Waals surface area (Å²) < 4.78 is 10.1. The number of nitrogens with two attached hydrogens (primary N) is 1. The number of nitrogens with one attached hydrogen (secondary N) is 1. The van der Waals surface area contributed by atoms with Crippen LogP contribution < -0.4 is 15.8 Å². The molecule has 1 aromatic rings. The lowest BCUT2D eigenvalue weighted by Crippen LogP contribution is -2.28. The smallest absolute Gasteiger partial charge is 0.344 e. The molecule has 126 valence electrons. The Labute approximate surface area is 136 Å². The quantitative estimate of drug-likeness (QED) is 0.751. The lowest BCUT2D eigenvalue weighted by Gasteiger charge is -2.15. The average Bonchev–Trinajstić information content (AvgIpc) is 2.91. The molecule has 0 spiro atoms. The van der Waals surface area contributed by atoms with Crippen molar-refractivity contribution in [2.24, 2.45) is 11.7 Å². The van der Waals surface area contributed by atoms with Gasteiger partial charge in [-0.15, -0.1) is 0 Å². The highest BCUT2D eigenvalue weighted by molar-refractivity contribution is 5.91. The van der Waals surface area contributed by atoms with Crippen LogP contribution in [0.1, 0.15) is 32.6 Å². The number of carbonyl (C=O) groups is 2. The van der Waals surface area contributed by atoms with E-state index in [9.17, 15) is 9.59 Å². The molecular formula is C17H24N2O4. The molecule has 1 aliphatic rings. The van der Waals surface area contributed by atoms with Gasteiger partial charge in [0.05, 0.1) is 6.61 Å². The van der Waals surface area contributed by atoms with Gasteiger partial charge in [0.1, 0.15) is 5.75 Å². The number of ether oxygens (including phenoxy) is 2. The Bertz CT molecular complexity index is 547. The minimum absolute atomic E-state index is 0.0464. The first kappa shape index (κ1) is 17.3. The lowest BCUT2D eigenvalue weighted by molar-refractivity contribution is -0.145. The van der Waals surface area contributed by atoms with Crippen LogP contribution in [0, 0.1) is 5.92 Å². The van der Waals surface area contributed by atoms with Crippen molar-refractivity contribution in [2.45, 2.75) is 38.6 Å². The van der Waals surface area contributed by atoms with Crippen LogP contribution in [0.3, 0.4) is 0 Å². The number of carbonyl (C=O) groups excluding carboxylic acids is 2. The molecule has 6 heteroatoms. The van der Waals surface area contributed by atoms with Crippen molar-refractivity contribution < 1.29 is 19.1 Å². The van der Waals surface area contributed by atoms with Gasteiger partial charge < -0.3 is 20.5 Å². The second kappa shape index (κ2) is 8.53. The Morgan fingerprint density at radius 2 is 2.17 bits per heavy atom. The van der Waals surface area contributed by atoms with E-state index in [0.717, 1.165) is 19.3 Å². The van der Waals surface area contributed by atoms with Gasteiger partial charge in [-0.2, -0.15) is 0 Å². The summed E-state index contributed by atoms with van der Waals surface area (Å²) in [5.74, 6) is 0.304. The van der Waals surface area contributed by atoms with E-state index in [2.05, 4.69) is 5.32 Å². The van der Waals surface area contributed by atoms with E-state index in [1.54, 1.807) is 31.2 Å². The van der Waals surface area contributed by atoms with E-state index in [4.69, 9.17) is 15.2 Å². The van der Waals surface area contributed by atoms with Gasteiger partial charge in [0, 0.05) is 24.2 Å². The molecule has 1 amide bonds. The van der Waals surface area contributed by atoms with Crippen LogP contribution in [0.2, 0.25) is 0 Å². The lowest BCUT2D eigenvalue weighted by atomic mass is 10.00. The standard InChI is InChI=1S/C17H24N2O4/c1-2-22-17(21)11-23-14-7-4-6-13(10-14)19-16(20)9-12-5-3-8-15(12)18/h4,6-7,10,12,15H,2-3,5,8-9,11,18H2,1H3,(H,19,20)/t12-,15+/m0/s1. The van der Waals surface area contributed by atoms with Gasteiger partial charge >= 0.3 is 5.97 Å². The average molecular weight is 320 g/mol. The van der Waals surface area contributed by atoms with Gasteiger partial charge in [-0.25, -0.2) is 4.79 Å². The van der Waals surface area contributed by atoms with Gasteiger partial charge in [0.25, 0.3) is 0 Å². The van der Waals surface area contributed by atoms with Gasteiger partial charge in [-0.3, -0.25) is 4.79 Å². The predicted octanol–water partition coefficient (Wildman–Crippen LogP) is 2.08. The number of anilines is 1. The maximum absolute atomic E-state index is 12.1. The minimum Gasteiger partial charge on any atom is -0.482 e. The molecule has 1 aromatic carbocycles. The Morgan fingerprint density at radius 1 is 1.35 bits per heavy atom. The fourth-order valence-corrected chi connectivity index (χ4v) is 2.78. The van der Waals surface area contributed by atoms with Gasteiger partial charge in [-0.05, 0) is 37.8 Å². The molecule has 3 N–H and O–H groups in total. The van der Waals surface area contributed by atoms with Crippen molar-refractivity contribution in [2.75, 3.05) is 18.5 Å². The zero-order chi connectivity index (χ0) is 16.7. The molecule has 6 nitrogen and oxygen atoms in total. The van der Waals surface area contributed by atoms with Crippen LogP contribution in [-0.4, -0.2) is 31.1 Å². The Morgan fingerprint density at radius 3 is 2.87 bits per heavy atom. The maximum atomic E-state index is 12.1. The topological polar surface area (TPSA) is 90.6 Å². The zero-order valence-corrected chi connectivity index (χ0v) is 13.4. The zero-order valence-electron chi connectivity index (χ0n) is 13.4. The molecule has 23 heavy (non-hydrogen) atoms. The molecule has 0 aromatic heterocycles. The van der Waals surface area contributed by atoms with Crippen molar-refractivity contribution in [3.05, 3.63) is 24.3 Å². The summed E-state index contributed by atoms with van der Waals surface area (Å²) in [5, 5.41) is 2.85. The number of hydrogen-bond acceptors (Lipinski definition) is 5. The highest BCUT2D eigenvalue weighted by atomic mass is 16.6. The van der Waals surface area contributed by atoms with Crippen LogP contribution in [0.5, 0.6) is 5.75 Å². The van der Waals surface area contributed by atoms with Crippen molar-refractivity contribution in [3.8, 4) is 5.75 Å². The summed E-state index contributed by atoms with van der Waals surface area (Å²) in [6.45, 7) is 1.91. The number of amides is 1. The maximum Gasteiger partial charge on any atom is 0.344 e. The minimum atomic E-state index is -0.419. The molecular weight excluding hydrogens is 296 g/mol. The summed E-state index contributed by atoms with van der Waals surface area (Å²) in [6, 6.07) is 7.08. The van der Waals surface area contributed by atoms with Gasteiger partial charge in [-0.1, -0.05) is 12.5 Å². The molecule has 1 saturated carbocycles. The van der Waals surface area contributed by atoms with Crippen LogP contribution >= 0.6 is 0 Å². The fourth-order valence-electron chi connectivity index (χ4n) is 2.78. The van der Waals surface area contributed by atoms with E-state index in [-0.39, 0.29) is 24.5 Å². The molecule has 0 bridgehead atoms. The highest BCUT2D eigenvalue weighted by Crippen LogP contribution is 2.27. The van der Waals surface area contributed by atoms with Crippen LogP contribution in [0.15, 0.2) is 24.3 Å². The van der Waals surface area contributed by atoms with E-state index in [1.807, 2.05) is 0 Å². The van der Waals surface area contributed by atoms with Gasteiger partial charge in [0.15, 0.2) is 6.61 Å². The third kappa shape index (κ3) is 5.56. The molecule has 0 radical (unpaired) electrons. The Balaban J connectivity index is 1.84. The highest BCUT2D eigenvalue weighted by Gasteiger charge is 2.26. The number of rotatable bonds is 7. The van der Waals surface area contributed by atoms with E-state index in [0.29, 0.717) is 24.5 Å². The SMILES string of the molecule is CCOC(=O)COc1cccc(NC(=O)C[C@@H]2CCC[C@H]2N)c1. The fraction of sp³-hybridized carbons (Fsp3) is 0.529. The first-order valence-corrected chi connectivity index (χ1v) is 8.02. The Kier molecular flexibility index (Phi) is 6.40. The third-order valence-electron chi connectivity index (χ3n) is 3.95. The normalized spacial score (nSPS) is 20.1. The Hall–Kier alpha value is -2.08. The largest absolute Gasteiger partial charge is 0.482 e. The summed E-state index contributed by atoms with van der Waals surface area (Å²) in [7, 11) is 0. The first-order chi connectivity index (χ1) is 11.1. The number of esters is 1. The van der Waals surface area contributed by atoms with Crippen molar-refractivity contribution in [1.82, 2.24) is 0 Å². The van der Waals surface area contributed by atoms with E-state index in [1.165, 1.54) is 0 Å². The monoisotopic (exact) mass is 320 g/mol. The molecule has 2 atom stereocenters. The summed E-state index contributed by atoms with van der Waals surface area (Å²) in [6.07, 6.45) is 3.54. The van der Waals surface area contributed by atoms with E-state index < -0.39 is 5.97 Å². The molecule has 2 rings (SSSR count). The first-order valence-electron chi connectivity index (χ1n) is 8.02. The summed E-state index contributed by atoms with van der Waals surface area (Å²) >= 11 is 0. The predicted molar refractivity (Wildman–Crippen MR) is 87.1 cm³/mol. The second-order valence-electron chi connectivity index (χ2n) is 5.73. The van der Waals surface area contributed by atoms with Crippen molar-refractivity contribution >= 4 is 17.6 Å². The second-order valence-corrected chi connectivity index (χ2v) is 5.73. The van der Waals surface area contributed by atoms with E-state index >= 15 is 0 Å².